The lowest BCUT2D eigenvalue weighted by molar-refractivity contribution is -0.135. The predicted molar refractivity (Wildman–Crippen MR) is 111 cm³/mol. The molecule has 1 saturated carbocycles. The van der Waals surface area contributed by atoms with Crippen molar-refractivity contribution >= 4 is 22.6 Å². The molecule has 2 aromatic rings. The molecule has 5 nitrogen and oxygen atoms in total. The number of hydrogen-bond donors (Lipinski definition) is 2. The second-order valence-corrected chi connectivity index (χ2v) is 7.60. The zero-order valence-corrected chi connectivity index (χ0v) is 16.6. The summed E-state index contributed by atoms with van der Waals surface area (Å²) >= 11 is 0. The van der Waals surface area contributed by atoms with Gasteiger partial charge in [0.05, 0.1) is 0 Å². The molecule has 0 radical (unpaired) electrons. The first-order valence-electron chi connectivity index (χ1n) is 10.3. The molecule has 1 fully saturated rings. The molecule has 2 N–H and O–H groups in total. The number of nitrogens with one attached hydrogen (secondary N) is 2. The van der Waals surface area contributed by atoms with Gasteiger partial charge < -0.3 is 15.4 Å². The lowest BCUT2D eigenvalue weighted by Gasteiger charge is -2.36. The Balaban J connectivity index is 1.60. The Labute approximate surface area is 166 Å². The van der Waals surface area contributed by atoms with E-state index in [4.69, 9.17) is 4.74 Å². The number of ether oxygens (including phenoxy) is 1. The second-order valence-electron chi connectivity index (χ2n) is 7.60. The highest BCUT2D eigenvalue weighted by molar-refractivity contribution is 5.92. The van der Waals surface area contributed by atoms with E-state index in [1.807, 2.05) is 42.5 Å². The number of hydrogen-bond acceptors (Lipinski definition) is 3. The maximum atomic E-state index is 12.8. The molecule has 2 aromatic carbocycles. The van der Waals surface area contributed by atoms with Crippen LogP contribution in [0.1, 0.15) is 51.9 Å². The number of carbonyl (C=O) groups is 2. The van der Waals surface area contributed by atoms with E-state index in [-0.39, 0.29) is 18.4 Å². The van der Waals surface area contributed by atoms with Crippen molar-refractivity contribution in [3.05, 3.63) is 42.5 Å². The van der Waals surface area contributed by atoms with Crippen molar-refractivity contribution in [2.75, 3.05) is 13.2 Å². The van der Waals surface area contributed by atoms with Crippen LogP contribution in [0, 0.1) is 0 Å². The molecule has 0 atom stereocenters. The van der Waals surface area contributed by atoms with Gasteiger partial charge in [-0.1, -0.05) is 62.9 Å². The Hall–Kier alpha value is -2.56. The van der Waals surface area contributed by atoms with Gasteiger partial charge in [-0.2, -0.15) is 0 Å². The van der Waals surface area contributed by atoms with E-state index >= 15 is 0 Å². The number of unbranched alkanes of at least 4 members (excludes halogenated alkanes) is 1. The SMILES string of the molecule is CCCCNC(=O)C1(NC(=O)COc2ccc3ccccc3c2)CCCCC1. The van der Waals surface area contributed by atoms with Crippen LogP contribution >= 0.6 is 0 Å². The van der Waals surface area contributed by atoms with E-state index in [9.17, 15) is 9.59 Å². The van der Waals surface area contributed by atoms with Crippen molar-refractivity contribution in [3.8, 4) is 5.75 Å². The van der Waals surface area contributed by atoms with Gasteiger partial charge >= 0.3 is 0 Å². The van der Waals surface area contributed by atoms with Crippen LogP contribution < -0.4 is 15.4 Å². The Morgan fingerprint density at radius 1 is 1.04 bits per heavy atom. The zero-order chi connectivity index (χ0) is 19.8. The van der Waals surface area contributed by atoms with Gasteiger partial charge in [0.15, 0.2) is 6.61 Å². The minimum absolute atomic E-state index is 0.0558. The van der Waals surface area contributed by atoms with Crippen LogP contribution in [0.2, 0.25) is 0 Å². The first-order valence-corrected chi connectivity index (χ1v) is 10.3. The fraction of sp³-hybridized carbons (Fsp3) is 0.478. The number of fused-ring (bicyclic) bond motifs is 1. The van der Waals surface area contributed by atoms with E-state index in [1.54, 1.807) is 0 Å². The van der Waals surface area contributed by atoms with Crippen LogP contribution in [0.15, 0.2) is 42.5 Å². The molecule has 0 heterocycles. The topological polar surface area (TPSA) is 67.4 Å². The maximum absolute atomic E-state index is 12.8. The summed E-state index contributed by atoms with van der Waals surface area (Å²) in [5.74, 6) is 0.347. The Kier molecular flexibility index (Phi) is 6.90. The van der Waals surface area contributed by atoms with E-state index in [0.717, 1.165) is 42.9 Å². The molecule has 28 heavy (non-hydrogen) atoms. The number of rotatable bonds is 8. The first-order chi connectivity index (χ1) is 13.6. The fourth-order valence-electron chi connectivity index (χ4n) is 3.82. The molecule has 0 unspecified atom stereocenters. The quantitative estimate of drug-likeness (QED) is 0.679. The minimum atomic E-state index is -0.796. The predicted octanol–water partition coefficient (Wildman–Crippen LogP) is 3.95. The Morgan fingerprint density at radius 3 is 2.54 bits per heavy atom. The summed E-state index contributed by atoms with van der Waals surface area (Å²) in [5, 5.41) is 8.19. The lowest BCUT2D eigenvalue weighted by Crippen LogP contribution is -2.60. The van der Waals surface area contributed by atoms with Crippen molar-refractivity contribution in [3.63, 3.8) is 0 Å². The highest BCUT2D eigenvalue weighted by Crippen LogP contribution is 2.28. The molecule has 0 aliphatic heterocycles. The fourth-order valence-corrected chi connectivity index (χ4v) is 3.82. The summed E-state index contributed by atoms with van der Waals surface area (Å²) < 4.78 is 5.70. The molecule has 5 heteroatoms. The molecule has 0 saturated heterocycles. The standard InChI is InChI=1S/C23H30N2O3/c1-2-3-15-24-22(27)23(13-7-4-8-14-23)25-21(26)17-28-20-12-11-18-9-5-6-10-19(18)16-20/h5-6,9-12,16H,2-4,7-8,13-15,17H2,1H3,(H,24,27)(H,25,26). The Bertz CT molecular complexity index is 812. The van der Waals surface area contributed by atoms with E-state index in [0.29, 0.717) is 25.1 Å². The second kappa shape index (κ2) is 9.58. The van der Waals surface area contributed by atoms with Crippen LogP contribution in [-0.4, -0.2) is 30.5 Å². The van der Waals surface area contributed by atoms with Gasteiger partial charge in [-0.15, -0.1) is 0 Å². The van der Waals surface area contributed by atoms with Gasteiger partial charge in [0.1, 0.15) is 11.3 Å². The summed E-state index contributed by atoms with van der Waals surface area (Å²) in [5.41, 5.74) is -0.796. The number of amides is 2. The zero-order valence-electron chi connectivity index (χ0n) is 16.6. The summed E-state index contributed by atoms with van der Waals surface area (Å²) in [7, 11) is 0. The highest BCUT2D eigenvalue weighted by atomic mass is 16.5. The third-order valence-corrected chi connectivity index (χ3v) is 5.43. The number of carbonyl (C=O) groups excluding carboxylic acids is 2. The number of benzene rings is 2. The summed E-state index contributed by atoms with van der Waals surface area (Å²) in [4.78, 5) is 25.4. The molecule has 2 amide bonds. The van der Waals surface area contributed by atoms with Crippen LogP contribution in [0.25, 0.3) is 10.8 Å². The van der Waals surface area contributed by atoms with Crippen LogP contribution in [0.5, 0.6) is 5.75 Å². The van der Waals surface area contributed by atoms with Gasteiger partial charge in [-0.05, 0) is 42.2 Å². The molecular formula is C23H30N2O3. The van der Waals surface area contributed by atoms with E-state index in [1.165, 1.54) is 0 Å². The van der Waals surface area contributed by atoms with Crippen LogP contribution in [0.4, 0.5) is 0 Å². The highest BCUT2D eigenvalue weighted by Gasteiger charge is 2.40. The third kappa shape index (κ3) is 5.03. The summed E-state index contributed by atoms with van der Waals surface area (Å²) in [6, 6.07) is 13.8. The van der Waals surface area contributed by atoms with Crippen molar-refractivity contribution in [1.29, 1.82) is 0 Å². The first kappa shape index (κ1) is 20.2. The van der Waals surface area contributed by atoms with Gasteiger partial charge in [-0.3, -0.25) is 9.59 Å². The van der Waals surface area contributed by atoms with E-state index in [2.05, 4.69) is 17.6 Å². The average molecular weight is 383 g/mol. The smallest absolute Gasteiger partial charge is 0.258 e. The minimum Gasteiger partial charge on any atom is -0.484 e. The molecule has 1 aliphatic rings. The lowest BCUT2D eigenvalue weighted by atomic mass is 9.80. The van der Waals surface area contributed by atoms with Gasteiger partial charge in [0.25, 0.3) is 5.91 Å². The summed E-state index contributed by atoms with van der Waals surface area (Å²) in [6.45, 7) is 2.65. The van der Waals surface area contributed by atoms with E-state index < -0.39 is 5.54 Å². The largest absolute Gasteiger partial charge is 0.484 e. The molecule has 150 valence electrons. The molecule has 3 rings (SSSR count). The Morgan fingerprint density at radius 2 is 1.79 bits per heavy atom. The summed E-state index contributed by atoms with van der Waals surface area (Å²) in [6.07, 6.45) is 6.35. The van der Waals surface area contributed by atoms with Gasteiger partial charge in [-0.25, -0.2) is 0 Å². The monoisotopic (exact) mass is 382 g/mol. The van der Waals surface area contributed by atoms with Crippen LogP contribution in [0.3, 0.4) is 0 Å². The molecule has 0 aromatic heterocycles. The van der Waals surface area contributed by atoms with Crippen molar-refractivity contribution in [2.45, 2.75) is 57.4 Å². The third-order valence-electron chi connectivity index (χ3n) is 5.43. The van der Waals surface area contributed by atoms with Crippen molar-refractivity contribution < 1.29 is 14.3 Å². The average Bonchev–Trinajstić information content (AvgIpc) is 2.73. The van der Waals surface area contributed by atoms with Gasteiger partial charge in [0, 0.05) is 6.54 Å². The molecular weight excluding hydrogens is 352 g/mol. The molecule has 0 bridgehead atoms. The normalized spacial score (nSPS) is 15.8. The van der Waals surface area contributed by atoms with Crippen molar-refractivity contribution in [2.24, 2.45) is 0 Å². The van der Waals surface area contributed by atoms with Gasteiger partial charge in [0.2, 0.25) is 5.91 Å². The molecule has 0 spiro atoms. The van der Waals surface area contributed by atoms with Crippen molar-refractivity contribution in [1.82, 2.24) is 10.6 Å². The van der Waals surface area contributed by atoms with Crippen LogP contribution in [-0.2, 0) is 9.59 Å². The maximum Gasteiger partial charge on any atom is 0.258 e. The molecule has 1 aliphatic carbocycles.